The zero-order valence-electron chi connectivity index (χ0n) is 36.2. The van der Waals surface area contributed by atoms with Crippen LogP contribution in [0.1, 0.15) is 89.5 Å². The quantitative estimate of drug-likeness (QED) is 0.0175. The normalized spacial score (nSPS) is 14.2. The summed E-state index contributed by atoms with van der Waals surface area (Å²) in [6.45, 7) is 1.74. The second kappa shape index (κ2) is 19.6. The van der Waals surface area contributed by atoms with Crippen LogP contribution in [0.2, 0.25) is 0 Å². The van der Waals surface area contributed by atoms with Crippen LogP contribution in [0, 0.1) is 20.2 Å². The van der Waals surface area contributed by atoms with Crippen LogP contribution in [-0.4, -0.2) is 77.4 Å². The minimum atomic E-state index is -4.39. The first-order valence-corrected chi connectivity index (χ1v) is 22.2. The van der Waals surface area contributed by atoms with E-state index in [-0.39, 0.29) is 72.9 Å². The molecule has 0 saturated carbocycles. The van der Waals surface area contributed by atoms with E-state index < -0.39 is 98.2 Å². The molecule has 0 fully saturated rings. The van der Waals surface area contributed by atoms with Crippen molar-refractivity contribution < 1.29 is 70.5 Å². The second-order valence-electron chi connectivity index (χ2n) is 15.3. The molecule has 356 valence electrons. The third-order valence-corrected chi connectivity index (χ3v) is 11.4. The lowest BCUT2D eigenvalue weighted by Gasteiger charge is -2.36. The van der Waals surface area contributed by atoms with E-state index in [1.165, 1.54) is 61.5 Å². The Morgan fingerprint density at radius 3 is 1.68 bits per heavy atom. The maximum atomic E-state index is 13.7. The highest BCUT2D eigenvalue weighted by molar-refractivity contribution is 7.85. The fourth-order valence-electron chi connectivity index (χ4n) is 7.59. The van der Waals surface area contributed by atoms with E-state index >= 15 is 0 Å². The smallest absolute Gasteiger partial charge is 0.411 e. The molecule has 0 saturated heterocycles. The van der Waals surface area contributed by atoms with E-state index in [1.54, 1.807) is 12.1 Å². The summed E-state index contributed by atoms with van der Waals surface area (Å²) in [5.41, 5.74) is -1.96. The number of nitrogens with zero attached hydrogens (tertiary/aromatic N) is 2. The van der Waals surface area contributed by atoms with Gasteiger partial charge < -0.3 is 29.6 Å². The van der Waals surface area contributed by atoms with Gasteiger partial charge in [-0.2, -0.15) is 8.42 Å². The van der Waals surface area contributed by atoms with Crippen molar-refractivity contribution in [3.8, 4) is 11.5 Å². The number of amides is 4. The fraction of sp³-hybridized carbons (Fsp3) is 0.200. The molecule has 4 amide bonds. The lowest BCUT2D eigenvalue weighted by atomic mass is 9.76. The molecule has 0 aliphatic carbocycles. The molecule has 69 heavy (non-hydrogen) atoms. The van der Waals surface area contributed by atoms with Crippen LogP contribution in [0.3, 0.4) is 0 Å². The Hall–Kier alpha value is -8.77. The van der Waals surface area contributed by atoms with Gasteiger partial charge in [0.1, 0.15) is 24.7 Å². The van der Waals surface area contributed by atoms with Gasteiger partial charge in [-0.3, -0.25) is 49.8 Å². The molecule has 1 spiro atoms. The number of anilines is 2. The van der Waals surface area contributed by atoms with E-state index in [2.05, 4.69) is 21.3 Å². The van der Waals surface area contributed by atoms with Gasteiger partial charge in [-0.25, -0.2) is 14.4 Å². The number of fused-ring (bicyclic) bond motifs is 6. The fourth-order valence-corrected chi connectivity index (χ4v) is 7.95. The monoisotopic (exact) mass is 966 g/mol. The number of esters is 1. The van der Waals surface area contributed by atoms with Crippen molar-refractivity contribution in [3.05, 3.63) is 161 Å². The zero-order valence-corrected chi connectivity index (χ0v) is 37.0. The maximum Gasteiger partial charge on any atom is 0.411 e. The van der Waals surface area contributed by atoms with Gasteiger partial charge >= 0.3 is 18.2 Å². The highest BCUT2D eigenvalue weighted by Gasteiger charge is 2.54. The summed E-state index contributed by atoms with van der Waals surface area (Å²) in [5, 5.41) is 33.5. The number of hydrogen-bond donors (Lipinski definition) is 5. The van der Waals surface area contributed by atoms with Crippen molar-refractivity contribution in [3.63, 3.8) is 0 Å². The van der Waals surface area contributed by atoms with Crippen LogP contribution in [0.4, 0.5) is 32.3 Å². The van der Waals surface area contributed by atoms with Gasteiger partial charge in [0, 0.05) is 82.1 Å². The molecule has 7 rings (SSSR count). The molecule has 0 radical (unpaired) electrons. The lowest BCUT2D eigenvalue weighted by molar-refractivity contribution is -0.386. The number of hydrogen-bond acceptors (Lipinski definition) is 16. The summed E-state index contributed by atoms with van der Waals surface area (Å²) >= 11 is 0. The Morgan fingerprint density at radius 2 is 1.22 bits per heavy atom. The summed E-state index contributed by atoms with van der Waals surface area (Å²) in [6, 6.07) is 20.0. The largest absolute Gasteiger partial charge is 0.456 e. The van der Waals surface area contributed by atoms with Crippen LogP contribution in [0.25, 0.3) is 0 Å². The summed E-state index contributed by atoms with van der Waals surface area (Å²) in [6.07, 6.45) is -1.52. The SMILES string of the molecule is CCCNC(=O)c1ccc([N+](=O)[O-])c(COC(=O)Nc2ccc3c(c2)Oc2cc(NC(=O)OCc4cc(C(=O)NCCS(=O)(=O)O)ccc4[N+](=O)[O-])ccc2C32OC(=O)c3c(C(C)=O)cccc32)c1. The Kier molecular flexibility index (Phi) is 13.7. The Bertz CT molecular complexity index is 3120. The molecular formula is C45H38N6O17S. The number of nitrogens with one attached hydrogen (secondary N) is 4. The molecule has 0 aromatic heterocycles. The first-order chi connectivity index (χ1) is 32.8. The molecule has 1 unspecified atom stereocenters. The van der Waals surface area contributed by atoms with Crippen molar-refractivity contribution in [2.45, 2.75) is 39.1 Å². The first-order valence-electron chi connectivity index (χ1n) is 20.6. The van der Waals surface area contributed by atoms with Crippen LogP contribution in [-0.2, 0) is 43.1 Å². The first kappa shape index (κ1) is 48.2. The number of ketones is 1. The molecule has 2 aliphatic heterocycles. The van der Waals surface area contributed by atoms with Gasteiger partial charge in [-0.15, -0.1) is 0 Å². The number of ether oxygens (including phenoxy) is 4. The predicted octanol–water partition coefficient (Wildman–Crippen LogP) is 6.53. The molecule has 5 aromatic carbocycles. The minimum absolute atomic E-state index is 0.00452. The van der Waals surface area contributed by atoms with E-state index in [4.69, 9.17) is 23.5 Å². The van der Waals surface area contributed by atoms with Crippen molar-refractivity contribution in [2.24, 2.45) is 0 Å². The standard InChI is InChI=1S/C45H38N6O17S/c1-3-15-46-40(53)25-7-13-35(50(58)59)27(18-25)22-65-43(56)48-29-9-11-32-37(20-29)67-38-21-30(10-12-33(38)45(32)34-6-4-5-31(24(2)52)39(34)42(55)68-45)49-44(57)66-23-28-19-26(8-14-36(28)51(60)61)41(54)47-16-17-69(62,63)64/h4-14,18-21H,3,15-17,22-23H2,1-2H3,(H,46,53)(H,47,54)(H,48,56)(H,49,57)(H,62,63,64). The minimum Gasteiger partial charge on any atom is -0.456 e. The maximum absolute atomic E-state index is 13.7. The number of nitro benzene ring substituents is 2. The van der Waals surface area contributed by atoms with Crippen molar-refractivity contribution >= 4 is 68.6 Å². The molecule has 24 heteroatoms. The molecule has 2 heterocycles. The van der Waals surface area contributed by atoms with Gasteiger partial charge in [-0.05, 0) is 61.9 Å². The number of benzene rings is 5. The van der Waals surface area contributed by atoms with Crippen LogP contribution in [0.15, 0.2) is 91.0 Å². The number of Topliss-reactive ketones (excluding diaryl/α,β-unsaturated/α-hetero) is 1. The molecule has 2 aliphatic rings. The highest BCUT2D eigenvalue weighted by atomic mass is 32.2. The van der Waals surface area contributed by atoms with E-state index in [0.717, 1.165) is 24.3 Å². The third-order valence-electron chi connectivity index (χ3n) is 10.7. The van der Waals surface area contributed by atoms with Gasteiger partial charge in [-0.1, -0.05) is 25.1 Å². The lowest BCUT2D eigenvalue weighted by Crippen LogP contribution is -2.33. The Balaban J connectivity index is 1.14. The molecule has 5 N–H and O–H groups in total. The van der Waals surface area contributed by atoms with Crippen LogP contribution < -0.4 is 26.0 Å². The highest BCUT2D eigenvalue weighted by Crippen LogP contribution is 2.57. The number of carbonyl (C=O) groups excluding carboxylic acids is 6. The summed E-state index contributed by atoms with van der Waals surface area (Å²) in [5.74, 6) is -3.31. The van der Waals surface area contributed by atoms with Crippen molar-refractivity contribution in [1.29, 1.82) is 0 Å². The average molecular weight is 967 g/mol. The van der Waals surface area contributed by atoms with Gasteiger partial charge in [0.25, 0.3) is 33.3 Å². The summed E-state index contributed by atoms with van der Waals surface area (Å²) < 4.78 is 54.1. The van der Waals surface area contributed by atoms with E-state index in [9.17, 15) is 57.4 Å². The summed E-state index contributed by atoms with van der Waals surface area (Å²) in [4.78, 5) is 100. The van der Waals surface area contributed by atoms with Crippen molar-refractivity contribution in [2.75, 3.05) is 29.5 Å². The molecule has 23 nitrogen and oxygen atoms in total. The predicted molar refractivity (Wildman–Crippen MR) is 240 cm³/mol. The average Bonchev–Trinajstić information content (AvgIpc) is 3.60. The van der Waals surface area contributed by atoms with Crippen LogP contribution in [0.5, 0.6) is 11.5 Å². The molecular weight excluding hydrogens is 929 g/mol. The zero-order chi connectivity index (χ0) is 49.8. The second-order valence-corrected chi connectivity index (χ2v) is 16.9. The van der Waals surface area contributed by atoms with Gasteiger partial charge in [0.05, 0.1) is 32.3 Å². The number of rotatable bonds is 16. The molecule has 1 atom stereocenters. The number of nitro groups is 2. The topological polar surface area (TPSA) is 328 Å². The Morgan fingerprint density at radius 1 is 0.710 bits per heavy atom. The van der Waals surface area contributed by atoms with Gasteiger partial charge in [0.15, 0.2) is 11.4 Å². The van der Waals surface area contributed by atoms with Gasteiger partial charge in [0.2, 0.25) is 0 Å². The third kappa shape index (κ3) is 10.3. The van der Waals surface area contributed by atoms with E-state index in [1.807, 2.05) is 6.92 Å². The summed E-state index contributed by atoms with van der Waals surface area (Å²) in [7, 11) is -4.39. The molecule has 0 bridgehead atoms. The molecule has 5 aromatic rings. The number of carbonyl (C=O) groups is 6. The van der Waals surface area contributed by atoms with Crippen LogP contribution >= 0.6 is 0 Å². The van der Waals surface area contributed by atoms with Crippen molar-refractivity contribution in [1.82, 2.24) is 10.6 Å². The Labute approximate surface area is 390 Å². The van der Waals surface area contributed by atoms with E-state index in [0.29, 0.717) is 13.0 Å².